The lowest BCUT2D eigenvalue weighted by atomic mass is 9.49. The molecule has 6 rings (SSSR count). The Morgan fingerprint density at radius 3 is 2.43 bits per heavy atom. The molecule has 3 nitrogen and oxygen atoms in total. The van der Waals surface area contributed by atoms with Crippen molar-refractivity contribution in [3.8, 4) is 0 Å². The standard InChI is InChI=1S/C20H25N3/c21-19-16-2-1-5-22-17(16)3-4-18(19)23-12-20-9-13-6-14(10-20)8-15(7-13)11-20/h1-5,13-15,23H,6-12,21H2. The van der Waals surface area contributed by atoms with Gasteiger partial charge >= 0.3 is 0 Å². The number of nitrogens with one attached hydrogen (secondary N) is 1. The Bertz CT molecular complexity index is 716. The fraction of sp³-hybridized carbons (Fsp3) is 0.550. The maximum absolute atomic E-state index is 6.39. The third kappa shape index (κ3) is 2.20. The number of fused-ring (bicyclic) bond motifs is 1. The molecule has 3 N–H and O–H groups in total. The van der Waals surface area contributed by atoms with Crippen LogP contribution in [0.1, 0.15) is 38.5 Å². The Kier molecular flexibility index (Phi) is 2.88. The highest BCUT2D eigenvalue weighted by molar-refractivity contribution is 5.96. The molecule has 1 aromatic carbocycles. The summed E-state index contributed by atoms with van der Waals surface area (Å²) in [7, 11) is 0. The number of nitrogens with two attached hydrogens (primary N) is 1. The number of nitrogens with zero attached hydrogens (tertiary/aromatic N) is 1. The molecule has 4 bridgehead atoms. The number of hydrogen-bond donors (Lipinski definition) is 2. The normalized spacial score (nSPS) is 34.9. The van der Waals surface area contributed by atoms with E-state index in [9.17, 15) is 0 Å². The third-order valence-electron chi connectivity index (χ3n) is 6.65. The molecule has 0 atom stereocenters. The fourth-order valence-corrected chi connectivity index (χ4v) is 6.12. The van der Waals surface area contributed by atoms with Gasteiger partial charge in [-0.1, -0.05) is 0 Å². The highest BCUT2D eigenvalue weighted by Crippen LogP contribution is 2.60. The van der Waals surface area contributed by atoms with Crippen LogP contribution in [0.5, 0.6) is 0 Å². The lowest BCUT2D eigenvalue weighted by Crippen LogP contribution is -2.49. The first-order chi connectivity index (χ1) is 11.2. The molecule has 0 amide bonds. The van der Waals surface area contributed by atoms with Crippen LogP contribution in [0.25, 0.3) is 10.9 Å². The summed E-state index contributed by atoms with van der Waals surface area (Å²) in [6.45, 7) is 1.09. The average molecular weight is 307 g/mol. The largest absolute Gasteiger partial charge is 0.397 e. The molecule has 0 spiro atoms. The second kappa shape index (κ2) is 4.86. The van der Waals surface area contributed by atoms with E-state index in [-0.39, 0.29) is 0 Å². The molecule has 0 radical (unpaired) electrons. The van der Waals surface area contributed by atoms with Crippen molar-refractivity contribution in [2.45, 2.75) is 38.5 Å². The van der Waals surface area contributed by atoms with Crippen molar-refractivity contribution in [2.75, 3.05) is 17.6 Å². The number of hydrogen-bond acceptors (Lipinski definition) is 3. The number of rotatable bonds is 3. The molecule has 1 aromatic heterocycles. The highest BCUT2D eigenvalue weighted by Gasteiger charge is 2.50. The van der Waals surface area contributed by atoms with Crippen molar-refractivity contribution in [1.82, 2.24) is 4.98 Å². The first kappa shape index (κ1) is 13.6. The van der Waals surface area contributed by atoms with Crippen LogP contribution >= 0.6 is 0 Å². The molecular weight excluding hydrogens is 282 g/mol. The van der Waals surface area contributed by atoms with Crippen molar-refractivity contribution in [2.24, 2.45) is 23.2 Å². The first-order valence-corrected chi connectivity index (χ1v) is 9.08. The van der Waals surface area contributed by atoms with Gasteiger partial charge in [-0.25, -0.2) is 0 Å². The van der Waals surface area contributed by atoms with Crippen LogP contribution in [0.4, 0.5) is 11.4 Å². The van der Waals surface area contributed by atoms with Crippen LogP contribution in [0.3, 0.4) is 0 Å². The summed E-state index contributed by atoms with van der Waals surface area (Å²) in [6.07, 6.45) is 10.6. The van der Waals surface area contributed by atoms with E-state index >= 15 is 0 Å². The number of anilines is 2. The van der Waals surface area contributed by atoms with Gasteiger partial charge in [-0.3, -0.25) is 4.98 Å². The Balaban J connectivity index is 1.39. The van der Waals surface area contributed by atoms with Crippen molar-refractivity contribution in [3.05, 3.63) is 30.5 Å². The number of benzene rings is 1. The molecule has 0 unspecified atom stereocenters. The molecular formula is C20H25N3. The fourth-order valence-electron chi connectivity index (χ4n) is 6.12. The Hall–Kier alpha value is -1.77. The van der Waals surface area contributed by atoms with Crippen LogP contribution in [0.15, 0.2) is 30.5 Å². The molecule has 1 heterocycles. The smallest absolute Gasteiger partial charge is 0.0724 e. The Labute approximate surface area is 137 Å². The number of nitrogen functional groups attached to an aromatic ring is 1. The van der Waals surface area contributed by atoms with E-state index in [4.69, 9.17) is 5.73 Å². The maximum Gasteiger partial charge on any atom is 0.0724 e. The summed E-state index contributed by atoms with van der Waals surface area (Å²) in [6, 6.07) is 8.20. The predicted molar refractivity (Wildman–Crippen MR) is 95.3 cm³/mol. The van der Waals surface area contributed by atoms with Crippen molar-refractivity contribution in [1.29, 1.82) is 0 Å². The summed E-state index contributed by atoms with van der Waals surface area (Å²) >= 11 is 0. The van der Waals surface area contributed by atoms with E-state index in [1.54, 1.807) is 0 Å². The van der Waals surface area contributed by atoms with Gasteiger partial charge in [-0.05, 0) is 86.0 Å². The molecule has 4 saturated carbocycles. The second-order valence-corrected chi connectivity index (χ2v) is 8.37. The summed E-state index contributed by atoms with van der Waals surface area (Å²) in [5.74, 6) is 3.00. The zero-order chi connectivity index (χ0) is 15.4. The summed E-state index contributed by atoms with van der Waals surface area (Å²) in [5, 5.41) is 4.77. The predicted octanol–water partition coefficient (Wildman–Crippen LogP) is 4.45. The molecule has 3 heteroatoms. The van der Waals surface area contributed by atoms with Crippen LogP contribution in [0.2, 0.25) is 0 Å². The lowest BCUT2D eigenvalue weighted by Gasteiger charge is -2.57. The quantitative estimate of drug-likeness (QED) is 0.824. The van der Waals surface area contributed by atoms with Crippen LogP contribution in [-0.4, -0.2) is 11.5 Å². The van der Waals surface area contributed by atoms with Gasteiger partial charge in [0.1, 0.15) is 0 Å². The van der Waals surface area contributed by atoms with Crippen molar-refractivity contribution >= 4 is 22.3 Å². The first-order valence-electron chi connectivity index (χ1n) is 9.08. The van der Waals surface area contributed by atoms with Gasteiger partial charge in [0.2, 0.25) is 0 Å². The maximum atomic E-state index is 6.39. The zero-order valence-electron chi connectivity index (χ0n) is 13.6. The number of aromatic nitrogens is 1. The molecule has 120 valence electrons. The topological polar surface area (TPSA) is 50.9 Å². The average Bonchev–Trinajstić information content (AvgIpc) is 2.53. The zero-order valence-corrected chi connectivity index (χ0v) is 13.6. The minimum absolute atomic E-state index is 0.533. The minimum atomic E-state index is 0.533. The molecule has 0 aliphatic heterocycles. The summed E-state index contributed by atoms with van der Waals surface area (Å²) in [4.78, 5) is 4.39. The molecule has 0 saturated heterocycles. The second-order valence-electron chi connectivity index (χ2n) is 8.37. The van der Waals surface area contributed by atoms with Crippen LogP contribution in [0, 0.1) is 23.2 Å². The van der Waals surface area contributed by atoms with Crippen molar-refractivity contribution in [3.63, 3.8) is 0 Å². The van der Waals surface area contributed by atoms with Gasteiger partial charge in [0.25, 0.3) is 0 Å². The summed E-state index contributed by atoms with van der Waals surface area (Å²) in [5.41, 5.74) is 9.84. The van der Waals surface area contributed by atoms with Gasteiger partial charge in [-0.15, -0.1) is 0 Å². The van der Waals surface area contributed by atoms with E-state index < -0.39 is 0 Å². The summed E-state index contributed by atoms with van der Waals surface area (Å²) < 4.78 is 0. The van der Waals surface area contributed by atoms with Gasteiger partial charge in [0.05, 0.1) is 16.9 Å². The van der Waals surface area contributed by atoms with Gasteiger partial charge in [0, 0.05) is 18.1 Å². The third-order valence-corrected chi connectivity index (χ3v) is 6.65. The molecule has 23 heavy (non-hydrogen) atoms. The van der Waals surface area contributed by atoms with E-state index in [2.05, 4.69) is 28.5 Å². The van der Waals surface area contributed by atoms with Gasteiger partial charge < -0.3 is 11.1 Å². The lowest BCUT2D eigenvalue weighted by molar-refractivity contribution is -0.0444. The molecule has 4 aliphatic carbocycles. The Morgan fingerprint density at radius 1 is 1.04 bits per heavy atom. The Morgan fingerprint density at radius 2 is 1.74 bits per heavy atom. The van der Waals surface area contributed by atoms with E-state index in [1.807, 2.05) is 12.3 Å². The molecule has 2 aromatic rings. The molecule has 4 aliphatic rings. The van der Waals surface area contributed by atoms with E-state index in [0.29, 0.717) is 5.41 Å². The highest BCUT2D eigenvalue weighted by atomic mass is 14.9. The van der Waals surface area contributed by atoms with Crippen LogP contribution < -0.4 is 11.1 Å². The minimum Gasteiger partial charge on any atom is -0.397 e. The number of pyridine rings is 1. The van der Waals surface area contributed by atoms with Crippen LogP contribution in [-0.2, 0) is 0 Å². The molecule has 4 fully saturated rings. The van der Waals surface area contributed by atoms with E-state index in [1.165, 1.54) is 38.5 Å². The van der Waals surface area contributed by atoms with Crippen molar-refractivity contribution < 1.29 is 0 Å². The SMILES string of the molecule is Nc1c(NCC23CC4CC(CC(C4)C2)C3)ccc2ncccc12. The van der Waals surface area contributed by atoms with Gasteiger partial charge in [-0.2, -0.15) is 0 Å². The monoisotopic (exact) mass is 307 g/mol. The van der Waals surface area contributed by atoms with Gasteiger partial charge in [0.15, 0.2) is 0 Å². The van der Waals surface area contributed by atoms with E-state index in [0.717, 1.165) is 46.6 Å².